The van der Waals surface area contributed by atoms with Crippen LogP contribution in [0.2, 0.25) is 0 Å². The van der Waals surface area contributed by atoms with Crippen LogP contribution >= 0.6 is 0 Å². The standard InChI is InChI=1S/C24H34N4O3/c1-17-8-5-6-14-27(17)15-7-13-25-22(29)18-11-12-20-21(16-18)26-24(31)28(23(20)30)19-9-3-2-4-10-19/h11-12,16-17,19H,2-10,13-15H2,1H3,(H,25,29)(H,26,31). The van der Waals surface area contributed by atoms with E-state index in [-0.39, 0.29) is 23.2 Å². The lowest BCUT2D eigenvalue weighted by Crippen LogP contribution is -2.39. The number of fused-ring (bicyclic) bond motifs is 1. The zero-order valence-electron chi connectivity index (χ0n) is 18.5. The number of likely N-dealkylation sites (tertiary alicyclic amines) is 1. The number of hydrogen-bond donors (Lipinski definition) is 2. The van der Waals surface area contributed by atoms with E-state index in [1.807, 2.05) is 0 Å². The van der Waals surface area contributed by atoms with Crippen molar-refractivity contribution in [1.82, 2.24) is 19.8 Å². The first-order valence-corrected chi connectivity index (χ1v) is 11.9. The highest BCUT2D eigenvalue weighted by molar-refractivity contribution is 5.97. The van der Waals surface area contributed by atoms with Crippen molar-refractivity contribution in [2.75, 3.05) is 19.6 Å². The molecule has 1 aromatic carbocycles. The molecule has 2 fully saturated rings. The Hall–Kier alpha value is -2.41. The van der Waals surface area contributed by atoms with E-state index in [0.717, 1.165) is 51.6 Å². The quantitative estimate of drug-likeness (QED) is 0.695. The van der Waals surface area contributed by atoms with Crippen LogP contribution in [0.15, 0.2) is 27.8 Å². The lowest BCUT2D eigenvalue weighted by atomic mass is 9.95. The van der Waals surface area contributed by atoms with Gasteiger partial charge in [-0.05, 0) is 63.8 Å². The average Bonchev–Trinajstić information content (AvgIpc) is 2.78. The van der Waals surface area contributed by atoms with E-state index in [9.17, 15) is 14.4 Å². The zero-order chi connectivity index (χ0) is 21.8. The van der Waals surface area contributed by atoms with Gasteiger partial charge in [0.05, 0.1) is 10.9 Å². The molecule has 0 spiro atoms. The smallest absolute Gasteiger partial charge is 0.329 e. The summed E-state index contributed by atoms with van der Waals surface area (Å²) < 4.78 is 1.38. The molecule has 1 aliphatic heterocycles. The number of aromatic nitrogens is 2. The van der Waals surface area contributed by atoms with Gasteiger partial charge in [-0.3, -0.25) is 14.2 Å². The van der Waals surface area contributed by atoms with Gasteiger partial charge in [0.2, 0.25) is 0 Å². The van der Waals surface area contributed by atoms with Crippen LogP contribution in [0.5, 0.6) is 0 Å². The Morgan fingerprint density at radius 3 is 2.65 bits per heavy atom. The van der Waals surface area contributed by atoms with Crippen LogP contribution in [-0.2, 0) is 0 Å². The molecule has 31 heavy (non-hydrogen) atoms. The van der Waals surface area contributed by atoms with Crippen molar-refractivity contribution in [3.05, 3.63) is 44.6 Å². The number of carbonyl (C=O) groups is 1. The first-order chi connectivity index (χ1) is 15.0. The summed E-state index contributed by atoms with van der Waals surface area (Å²) in [5.41, 5.74) is 0.257. The van der Waals surface area contributed by atoms with Crippen LogP contribution in [0.1, 0.15) is 81.1 Å². The van der Waals surface area contributed by atoms with Gasteiger partial charge >= 0.3 is 5.69 Å². The highest BCUT2D eigenvalue weighted by Crippen LogP contribution is 2.26. The third-order valence-corrected chi connectivity index (χ3v) is 6.98. The topological polar surface area (TPSA) is 87.2 Å². The molecule has 1 saturated carbocycles. The number of rotatable bonds is 6. The molecule has 1 aromatic heterocycles. The Morgan fingerprint density at radius 1 is 1.10 bits per heavy atom. The van der Waals surface area contributed by atoms with Gasteiger partial charge in [-0.2, -0.15) is 0 Å². The summed E-state index contributed by atoms with van der Waals surface area (Å²) in [7, 11) is 0. The van der Waals surface area contributed by atoms with Crippen molar-refractivity contribution in [3.63, 3.8) is 0 Å². The predicted molar refractivity (Wildman–Crippen MR) is 123 cm³/mol. The summed E-state index contributed by atoms with van der Waals surface area (Å²) in [4.78, 5) is 43.5. The van der Waals surface area contributed by atoms with E-state index in [4.69, 9.17) is 0 Å². The van der Waals surface area contributed by atoms with Crippen LogP contribution in [0.4, 0.5) is 0 Å². The van der Waals surface area contributed by atoms with E-state index in [1.165, 1.54) is 23.8 Å². The van der Waals surface area contributed by atoms with Crippen molar-refractivity contribution in [1.29, 1.82) is 0 Å². The molecule has 2 N–H and O–H groups in total. The van der Waals surface area contributed by atoms with Gasteiger partial charge in [-0.25, -0.2) is 4.79 Å². The summed E-state index contributed by atoms with van der Waals surface area (Å²) in [5, 5.41) is 3.43. The Kier molecular flexibility index (Phi) is 6.90. The second kappa shape index (κ2) is 9.81. The van der Waals surface area contributed by atoms with Gasteiger partial charge in [0, 0.05) is 30.7 Å². The highest BCUT2D eigenvalue weighted by atomic mass is 16.2. The largest absolute Gasteiger partial charge is 0.352 e. The molecular weight excluding hydrogens is 392 g/mol. The van der Waals surface area contributed by atoms with Gasteiger partial charge in [0.25, 0.3) is 11.5 Å². The maximum absolute atomic E-state index is 13.0. The first-order valence-electron chi connectivity index (χ1n) is 11.9. The number of benzene rings is 1. The molecule has 1 saturated heterocycles. The Morgan fingerprint density at radius 2 is 1.87 bits per heavy atom. The molecule has 168 valence electrons. The summed E-state index contributed by atoms with van der Waals surface area (Å²) in [5.74, 6) is -0.175. The van der Waals surface area contributed by atoms with Crippen molar-refractivity contribution < 1.29 is 4.79 Å². The second-order valence-corrected chi connectivity index (χ2v) is 9.15. The fourth-order valence-corrected chi connectivity index (χ4v) is 5.12. The van der Waals surface area contributed by atoms with Crippen LogP contribution in [-0.4, -0.2) is 46.0 Å². The minimum atomic E-state index is -0.377. The van der Waals surface area contributed by atoms with Gasteiger partial charge in [0.15, 0.2) is 0 Å². The van der Waals surface area contributed by atoms with E-state index >= 15 is 0 Å². The zero-order valence-corrected chi connectivity index (χ0v) is 18.5. The molecule has 2 heterocycles. The third kappa shape index (κ3) is 4.92. The fourth-order valence-electron chi connectivity index (χ4n) is 5.12. The molecule has 7 nitrogen and oxygen atoms in total. The summed E-state index contributed by atoms with van der Waals surface area (Å²) >= 11 is 0. The summed E-state index contributed by atoms with van der Waals surface area (Å²) in [6, 6.07) is 5.55. The third-order valence-electron chi connectivity index (χ3n) is 6.98. The number of piperidine rings is 1. The number of aromatic amines is 1. The molecule has 1 atom stereocenters. The Balaban J connectivity index is 1.42. The van der Waals surface area contributed by atoms with Crippen molar-refractivity contribution in [3.8, 4) is 0 Å². The minimum Gasteiger partial charge on any atom is -0.352 e. The number of hydrogen-bond acceptors (Lipinski definition) is 4. The van der Waals surface area contributed by atoms with Crippen LogP contribution in [0.3, 0.4) is 0 Å². The van der Waals surface area contributed by atoms with Crippen molar-refractivity contribution in [2.45, 2.75) is 76.8 Å². The molecule has 2 aliphatic rings. The van der Waals surface area contributed by atoms with Gasteiger partial charge in [-0.15, -0.1) is 0 Å². The van der Waals surface area contributed by atoms with E-state index in [1.54, 1.807) is 18.2 Å². The molecule has 4 rings (SSSR count). The van der Waals surface area contributed by atoms with E-state index in [2.05, 4.69) is 22.1 Å². The number of carbonyl (C=O) groups excluding carboxylic acids is 1. The summed E-state index contributed by atoms with van der Waals surface area (Å²) in [6.07, 6.45) is 9.71. The summed E-state index contributed by atoms with van der Waals surface area (Å²) in [6.45, 7) is 5.02. The molecular formula is C24H34N4O3. The fraction of sp³-hybridized carbons (Fsp3) is 0.625. The minimum absolute atomic E-state index is 0.0278. The average molecular weight is 427 g/mol. The molecule has 1 amide bonds. The maximum atomic E-state index is 13.0. The van der Waals surface area contributed by atoms with E-state index < -0.39 is 0 Å². The van der Waals surface area contributed by atoms with Crippen LogP contribution in [0.25, 0.3) is 10.9 Å². The van der Waals surface area contributed by atoms with E-state index in [0.29, 0.717) is 29.1 Å². The lowest BCUT2D eigenvalue weighted by molar-refractivity contribution is 0.0949. The van der Waals surface area contributed by atoms with Gasteiger partial charge in [-0.1, -0.05) is 25.7 Å². The monoisotopic (exact) mass is 426 g/mol. The molecule has 2 aromatic rings. The Bertz CT molecular complexity index is 1040. The number of H-pyrrole nitrogens is 1. The molecule has 7 heteroatoms. The predicted octanol–water partition coefficient (Wildman–Crippen LogP) is 3.19. The normalized spacial score (nSPS) is 20.7. The Labute approximate surface area is 182 Å². The molecule has 1 unspecified atom stereocenters. The van der Waals surface area contributed by atoms with Crippen molar-refractivity contribution >= 4 is 16.8 Å². The molecule has 1 aliphatic carbocycles. The highest BCUT2D eigenvalue weighted by Gasteiger charge is 2.21. The molecule has 0 bridgehead atoms. The van der Waals surface area contributed by atoms with Crippen LogP contribution in [0, 0.1) is 0 Å². The lowest BCUT2D eigenvalue weighted by Gasteiger charge is -2.33. The van der Waals surface area contributed by atoms with Crippen LogP contribution < -0.4 is 16.6 Å². The SMILES string of the molecule is CC1CCCCN1CCCNC(=O)c1ccc2c(=O)n(C3CCCCC3)c(=O)[nH]c2c1. The second-order valence-electron chi connectivity index (χ2n) is 9.15. The van der Waals surface area contributed by atoms with Gasteiger partial charge in [0.1, 0.15) is 0 Å². The number of amides is 1. The number of nitrogens with zero attached hydrogens (tertiary/aromatic N) is 2. The van der Waals surface area contributed by atoms with Gasteiger partial charge < -0.3 is 15.2 Å². The van der Waals surface area contributed by atoms with Crippen molar-refractivity contribution in [2.24, 2.45) is 0 Å². The first kappa shape index (κ1) is 21.8. The number of nitrogens with one attached hydrogen (secondary N) is 2. The maximum Gasteiger partial charge on any atom is 0.329 e. The molecule has 0 radical (unpaired) electrons.